The Morgan fingerprint density at radius 2 is 2.04 bits per heavy atom. The van der Waals surface area contributed by atoms with Crippen molar-refractivity contribution in [3.8, 4) is 0 Å². The molecule has 1 aromatic rings. The second kappa shape index (κ2) is 10.6. The van der Waals surface area contributed by atoms with Crippen molar-refractivity contribution in [3.05, 3.63) is 48.0 Å². The molecule has 6 nitrogen and oxygen atoms in total. The molecule has 0 radical (unpaired) electrons. The van der Waals surface area contributed by atoms with E-state index >= 15 is 0 Å². The van der Waals surface area contributed by atoms with Gasteiger partial charge >= 0.3 is 5.97 Å². The lowest BCUT2D eigenvalue weighted by atomic mass is 10.0. The van der Waals surface area contributed by atoms with E-state index in [4.69, 9.17) is 18.9 Å². The van der Waals surface area contributed by atoms with Crippen LogP contribution in [0.15, 0.2) is 42.5 Å². The lowest BCUT2D eigenvalue weighted by Gasteiger charge is -2.16. The fraction of sp³-hybridized carbons (Fsp3) is 0.571. The van der Waals surface area contributed by atoms with E-state index in [1.807, 2.05) is 56.3 Å². The van der Waals surface area contributed by atoms with E-state index in [0.29, 0.717) is 26.1 Å². The molecule has 1 aliphatic rings. The zero-order chi connectivity index (χ0) is 19.7. The van der Waals surface area contributed by atoms with Crippen molar-refractivity contribution in [3.63, 3.8) is 0 Å². The summed E-state index contributed by atoms with van der Waals surface area (Å²) in [5.41, 5.74) is 1.10. The van der Waals surface area contributed by atoms with E-state index in [0.717, 1.165) is 5.56 Å². The molecular formula is C21H30O6. The molecule has 3 atom stereocenters. The molecule has 1 N–H and O–H groups in total. The maximum atomic E-state index is 12.0. The molecule has 0 aliphatic carbocycles. The van der Waals surface area contributed by atoms with Gasteiger partial charge < -0.3 is 24.1 Å². The first-order chi connectivity index (χ1) is 12.9. The number of hydrogen-bond acceptors (Lipinski definition) is 6. The second-order valence-corrected chi connectivity index (χ2v) is 7.03. The summed E-state index contributed by atoms with van der Waals surface area (Å²) in [5.74, 6) is -1.27. The number of rotatable bonds is 10. The van der Waals surface area contributed by atoms with Crippen molar-refractivity contribution >= 4 is 5.97 Å². The Labute approximate surface area is 161 Å². The van der Waals surface area contributed by atoms with Gasteiger partial charge in [0.25, 0.3) is 0 Å². The lowest BCUT2D eigenvalue weighted by molar-refractivity contribution is -0.147. The molecule has 1 unspecified atom stereocenters. The molecule has 1 saturated heterocycles. The topological polar surface area (TPSA) is 74.2 Å². The summed E-state index contributed by atoms with van der Waals surface area (Å²) in [6.07, 6.45) is 4.08. The zero-order valence-electron chi connectivity index (χ0n) is 16.3. The Balaban J connectivity index is 1.80. The number of carbonyl (C=O) groups excluding carboxylic acids is 1. The molecule has 150 valence electrons. The Bertz CT molecular complexity index is 598. The van der Waals surface area contributed by atoms with Crippen LogP contribution in [0.5, 0.6) is 0 Å². The number of carbonyl (C=O) groups is 1. The highest BCUT2D eigenvalue weighted by atomic mass is 16.8. The fourth-order valence-corrected chi connectivity index (χ4v) is 3.03. The van der Waals surface area contributed by atoms with Gasteiger partial charge in [-0.3, -0.25) is 4.79 Å². The van der Waals surface area contributed by atoms with Crippen LogP contribution < -0.4 is 0 Å². The van der Waals surface area contributed by atoms with Gasteiger partial charge in [0.1, 0.15) is 12.2 Å². The van der Waals surface area contributed by atoms with E-state index in [9.17, 15) is 9.90 Å². The highest BCUT2D eigenvalue weighted by Crippen LogP contribution is 2.29. The number of hydrogen-bond donors (Lipinski definition) is 1. The first kappa shape index (κ1) is 21.6. The van der Waals surface area contributed by atoms with Gasteiger partial charge in [-0.1, -0.05) is 42.5 Å². The van der Waals surface area contributed by atoms with Gasteiger partial charge in [-0.2, -0.15) is 0 Å². The maximum absolute atomic E-state index is 12.0. The Morgan fingerprint density at radius 1 is 1.30 bits per heavy atom. The maximum Gasteiger partial charge on any atom is 0.309 e. The summed E-state index contributed by atoms with van der Waals surface area (Å²) in [7, 11) is 1.39. The zero-order valence-corrected chi connectivity index (χ0v) is 16.3. The van der Waals surface area contributed by atoms with Crippen LogP contribution in [0, 0.1) is 5.92 Å². The van der Waals surface area contributed by atoms with Gasteiger partial charge in [-0.25, -0.2) is 0 Å². The molecule has 0 spiro atoms. The van der Waals surface area contributed by atoms with Gasteiger partial charge in [0.05, 0.1) is 26.2 Å². The highest BCUT2D eigenvalue weighted by Gasteiger charge is 2.39. The average molecular weight is 378 g/mol. The average Bonchev–Trinajstić information content (AvgIpc) is 2.97. The molecular weight excluding hydrogens is 348 g/mol. The second-order valence-electron chi connectivity index (χ2n) is 7.03. The number of aliphatic hydroxyl groups is 1. The highest BCUT2D eigenvalue weighted by molar-refractivity contribution is 5.72. The van der Waals surface area contributed by atoms with E-state index in [2.05, 4.69) is 0 Å². The van der Waals surface area contributed by atoms with Crippen molar-refractivity contribution in [1.29, 1.82) is 0 Å². The van der Waals surface area contributed by atoms with Crippen LogP contribution in [0.2, 0.25) is 0 Å². The third kappa shape index (κ3) is 7.07. The molecule has 1 fully saturated rings. The van der Waals surface area contributed by atoms with Gasteiger partial charge in [0.2, 0.25) is 0 Å². The van der Waals surface area contributed by atoms with Gasteiger partial charge in [0, 0.05) is 6.61 Å². The minimum Gasteiger partial charge on any atom is -0.469 e. The summed E-state index contributed by atoms with van der Waals surface area (Å²) < 4.78 is 22.0. The van der Waals surface area contributed by atoms with Crippen LogP contribution >= 0.6 is 0 Å². The minimum atomic E-state index is -0.727. The normalized spacial score (nSPS) is 22.8. The van der Waals surface area contributed by atoms with Crippen LogP contribution in [-0.4, -0.2) is 49.4 Å². The fourth-order valence-electron chi connectivity index (χ4n) is 3.03. The quantitative estimate of drug-likeness (QED) is 0.383. The lowest BCUT2D eigenvalue weighted by Crippen LogP contribution is -2.25. The van der Waals surface area contributed by atoms with E-state index in [1.165, 1.54) is 7.11 Å². The first-order valence-electron chi connectivity index (χ1n) is 9.28. The van der Waals surface area contributed by atoms with Crippen LogP contribution in [0.4, 0.5) is 0 Å². The number of esters is 1. The van der Waals surface area contributed by atoms with Gasteiger partial charge in [-0.15, -0.1) is 0 Å². The monoisotopic (exact) mass is 378 g/mol. The van der Waals surface area contributed by atoms with Crippen molar-refractivity contribution in [2.24, 2.45) is 5.92 Å². The molecule has 27 heavy (non-hydrogen) atoms. The van der Waals surface area contributed by atoms with E-state index in [-0.39, 0.29) is 24.6 Å². The largest absolute Gasteiger partial charge is 0.469 e. The summed E-state index contributed by atoms with van der Waals surface area (Å²) >= 11 is 0. The van der Waals surface area contributed by atoms with Crippen molar-refractivity contribution < 1.29 is 28.8 Å². The van der Waals surface area contributed by atoms with Crippen molar-refractivity contribution in [1.82, 2.24) is 0 Å². The summed E-state index contributed by atoms with van der Waals surface area (Å²) in [6, 6.07) is 9.91. The predicted octanol–water partition coefficient (Wildman–Crippen LogP) is 2.84. The standard InChI is InChI=1S/C21H30O6/c1-21(2)26-18(19(14-22)27-21)11-7-10-17(20(23)24-3)12-13-25-15-16-8-5-4-6-9-16/h4-9,11,17-19,22H,10,12-15H2,1-3H3/b11-7+/t17?,18-,19+/m0/s1. The SMILES string of the molecule is COC(=O)C(C/C=C/[C@@H]1OC(C)(C)O[C@@H]1CO)CCOCc1ccccc1. The number of allylic oxidation sites excluding steroid dienone is 1. The van der Waals surface area contributed by atoms with E-state index in [1.54, 1.807) is 0 Å². The predicted molar refractivity (Wildman–Crippen MR) is 101 cm³/mol. The summed E-state index contributed by atoms with van der Waals surface area (Å²) in [4.78, 5) is 12.0. The Kier molecular flexibility index (Phi) is 8.44. The molecule has 0 bridgehead atoms. The minimum absolute atomic E-state index is 0.119. The number of methoxy groups -OCH3 is 1. The van der Waals surface area contributed by atoms with Crippen LogP contribution in [0.3, 0.4) is 0 Å². The third-order valence-corrected chi connectivity index (χ3v) is 4.40. The molecule has 6 heteroatoms. The van der Waals surface area contributed by atoms with E-state index < -0.39 is 11.9 Å². The summed E-state index contributed by atoms with van der Waals surface area (Å²) in [5, 5.41) is 9.41. The molecule has 0 aromatic heterocycles. The smallest absolute Gasteiger partial charge is 0.309 e. The molecule has 1 aliphatic heterocycles. The first-order valence-corrected chi connectivity index (χ1v) is 9.28. The molecule has 0 amide bonds. The van der Waals surface area contributed by atoms with Gasteiger partial charge in [-0.05, 0) is 32.3 Å². The van der Waals surface area contributed by atoms with Crippen LogP contribution in [0.25, 0.3) is 0 Å². The third-order valence-electron chi connectivity index (χ3n) is 4.40. The number of aliphatic hydroxyl groups excluding tert-OH is 1. The Morgan fingerprint density at radius 3 is 2.70 bits per heavy atom. The van der Waals surface area contributed by atoms with Crippen molar-refractivity contribution in [2.45, 2.75) is 51.3 Å². The van der Waals surface area contributed by atoms with Crippen LogP contribution in [0.1, 0.15) is 32.3 Å². The Hall–Kier alpha value is -1.73. The summed E-state index contributed by atoms with van der Waals surface area (Å²) in [6.45, 7) is 4.49. The van der Waals surface area contributed by atoms with Gasteiger partial charge in [0.15, 0.2) is 5.79 Å². The number of benzene rings is 1. The molecule has 0 saturated carbocycles. The molecule has 1 heterocycles. The van der Waals surface area contributed by atoms with Crippen LogP contribution in [-0.2, 0) is 30.3 Å². The van der Waals surface area contributed by atoms with Crippen molar-refractivity contribution in [2.75, 3.05) is 20.3 Å². The molecule has 2 rings (SSSR count). The molecule has 1 aromatic carbocycles. The number of ether oxygens (including phenoxy) is 4.